The summed E-state index contributed by atoms with van der Waals surface area (Å²) in [6.45, 7) is 0.735. The van der Waals surface area contributed by atoms with Crippen LogP contribution in [-0.4, -0.2) is 15.4 Å². The van der Waals surface area contributed by atoms with Crippen molar-refractivity contribution < 1.29 is 4.74 Å². The van der Waals surface area contributed by atoms with Crippen LogP contribution in [0.2, 0.25) is 0 Å². The summed E-state index contributed by atoms with van der Waals surface area (Å²) < 4.78 is 13.9. The maximum Gasteiger partial charge on any atom is 0.127 e. The largest absolute Gasteiger partial charge is 0.493 e. The molecule has 2 aromatic rings. The predicted molar refractivity (Wildman–Crippen MR) is 64.7 cm³/mol. The normalized spacial score (nSPS) is 15.4. The van der Waals surface area contributed by atoms with E-state index < -0.39 is 0 Å². The van der Waals surface area contributed by atoms with Gasteiger partial charge in [0.1, 0.15) is 5.75 Å². The summed E-state index contributed by atoms with van der Waals surface area (Å²) in [4.78, 5) is 0. The first-order valence-corrected chi connectivity index (χ1v) is 6.11. The van der Waals surface area contributed by atoms with Crippen molar-refractivity contribution in [3.05, 3.63) is 41.2 Å². The van der Waals surface area contributed by atoms with Gasteiger partial charge in [0.15, 0.2) is 0 Å². The fourth-order valence-corrected chi connectivity index (χ4v) is 2.55. The number of nitrogens with one attached hydrogen (secondary N) is 1. The lowest BCUT2D eigenvalue weighted by molar-refractivity contribution is 0.350. The summed E-state index contributed by atoms with van der Waals surface area (Å²) in [6.07, 6.45) is 2.68. The molecule has 5 nitrogen and oxygen atoms in total. The van der Waals surface area contributed by atoms with E-state index in [2.05, 4.69) is 20.2 Å². The number of hydrogen-bond acceptors (Lipinski definition) is 6. The first-order valence-electron chi connectivity index (χ1n) is 5.38. The zero-order chi connectivity index (χ0) is 11.7. The molecular formula is C11H12N4OS. The first kappa shape index (κ1) is 10.6. The maximum absolute atomic E-state index is 5.67. The Bertz CT molecular complexity index is 514. The third kappa shape index (κ3) is 1.80. The molecule has 1 aromatic carbocycles. The van der Waals surface area contributed by atoms with Gasteiger partial charge in [-0.15, -0.1) is 0 Å². The highest BCUT2D eigenvalue weighted by Gasteiger charge is 2.23. The van der Waals surface area contributed by atoms with Gasteiger partial charge in [0, 0.05) is 12.0 Å². The van der Waals surface area contributed by atoms with Crippen molar-refractivity contribution in [1.29, 1.82) is 0 Å². The highest BCUT2D eigenvalue weighted by atomic mass is 32.1. The molecule has 1 atom stereocenters. The van der Waals surface area contributed by atoms with Gasteiger partial charge < -0.3 is 4.74 Å². The van der Waals surface area contributed by atoms with Gasteiger partial charge in [-0.2, -0.15) is 8.75 Å². The molecule has 0 aliphatic carbocycles. The molecule has 2 heterocycles. The lowest BCUT2D eigenvalue weighted by Crippen LogP contribution is -2.29. The Balaban J connectivity index is 2.06. The minimum Gasteiger partial charge on any atom is -0.493 e. The second-order valence-corrected chi connectivity index (χ2v) is 4.42. The van der Waals surface area contributed by atoms with E-state index in [0.717, 1.165) is 30.0 Å². The molecule has 1 aliphatic heterocycles. The monoisotopic (exact) mass is 248 g/mol. The number of nitrogens with zero attached hydrogens (tertiary/aromatic N) is 2. The molecule has 6 heteroatoms. The molecule has 0 bridgehead atoms. The summed E-state index contributed by atoms with van der Waals surface area (Å²) in [5, 5.41) is 0. The zero-order valence-electron chi connectivity index (χ0n) is 9.09. The zero-order valence-corrected chi connectivity index (χ0v) is 9.91. The highest BCUT2D eigenvalue weighted by molar-refractivity contribution is 6.99. The van der Waals surface area contributed by atoms with E-state index in [0.29, 0.717) is 0 Å². The SMILES string of the molecule is NNC(c1cnsn1)c1cccc2c1OCC2. The summed E-state index contributed by atoms with van der Waals surface area (Å²) in [5.41, 5.74) is 5.85. The van der Waals surface area contributed by atoms with Crippen molar-refractivity contribution in [2.45, 2.75) is 12.5 Å². The third-order valence-corrected chi connectivity index (χ3v) is 3.39. The van der Waals surface area contributed by atoms with Gasteiger partial charge >= 0.3 is 0 Å². The Kier molecular flexibility index (Phi) is 2.76. The molecule has 0 saturated carbocycles. The van der Waals surface area contributed by atoms with Gasteiger partial charge in [-0.1, -0.05) is 18.2 Å². The number of rotatable bonds is 3. The second kappa shape index (κ2) is 4.40. The molecule has 88 valence electrons. The minimum absolute atomic E-state index is 0.165. The lowest BCUT2D eigenvalue weighted by atomic mass is 10.0. The predicted octanol–water partition coefficient (Wildman–Crippen LogP) is 1.03. The third-order valence-electron chi connectivity index (χ3n) is 2.90. The Morgan fingerprint density at radius 1 is 1.47 bits per heavy atom. The number of hydrazine groups is 1. The standard InChI is InChI=1S/C11H12N4OS/c12-14-10(9-6-13-17-15-9)8-3-1-2-7-4-5-16-11(7)8/h1-3,6,10,14H,4-5,12H2. The van der Waals surface area contributed by atoms with Crippen molar-refractivity contribution in [2.24, 2.45) is 5.84 Å². The topological polar surface area (TPSA) is 73.1 Å². The smallest absolute Gasteiger partial charge is 0.127 e. The van der Waals surface area contributed by atoms with E-state index >= 15 is 0 Å². The second-order valence-electron chi connectivity index (χ2n) is 3.87. The minimum atomic E-state index is -0.165. The number of aromatic nitrogens is 2. The van der Waals surface area contributed by atoms with Crippen molar-refractivity contribution in [3.8, 4) is 5.75 Å². The number of nitrogens with two attached hydrogens (primary N) is 1. The van der Waals surface area contributed by atoms with Gasteiger partial charge in [-0.05, 0) is 5.56 Å². The Morgan fingerprint density at radius 2 is 2.41 bits per heavy atom. The van der Waals surface area contributed by atoms with E-state index in [-0.39, 0.29) is 6.04 Å². The van der Waals surface area contributed by atoms with Crippen LogP contribution in [0.1, 0.15) is 22.9 Å². The quantitative estimate of drug-likeness (QED) is 0.627. The Hall–Kier alpha value is -1.50. The van der Waals surface area contributed by atoms with Crippen LogP contribution in [0.3, 0.4) is 0 Å². The van der Waals surface area contributed by atoms with E-state index in [1.54, 1.807) is 6.20 Å². The van der Waals surface area contributed by atoms with Crippen LogP contribution in [0.15, 0.2) is 24.4 Å². The molecular weight excluding hydrogens is 236 g/mol. The molecule has 0 amide bonds. The Morgan fingerprint density at radius 3 is 3.18 bits per heavy atom. The molecule has 1 aromatic heterocycles. The molecule has 0 spiro atoms. The summed E-state index contributed by atoms with van der Waals surface area (Å²) in [7, 11) is 0. The number of hydrogen-bond donors (Lipinski definition) is 2. The van der Waals surface area contributed by atoms with E-state index in [4.69, 9.17) is 10.6 Å². The number of ether oxygens (including phenoxy) is 1. The van der Waals surface area contributed by atoms with Crippen molar-refractivity contribution in [2.75, 3.05) is 6.61 Å². The van der Waals surface area contributed by atoms with Crippen LogP contribution in [-0.2, 0) is 6.42 Å². The number of benzene rings is 1. The lowest BCUT2D eigenvalue weighted by Gasteiger charge is -2.16. The number of fused-ring (bicyclic) bond motifs is 1. The van der Waals surface area contributed by atoms with Crippen molar-refractivity contribution in [1.82, 2.24) is 14.2 Å². The average molecular weight is 248 g/mol. The molecule has 0 saturated heterocycles. The Labute approximate surface area is 103 Å². The van der Waals surface area contributed by atoms with Gasteiger partial charge in [0.2, 0.25) is 0 Å². The fourth-order valence-electron chi connectivity index (χ4n) is 2.10. The van der Waals surface area contributed by atoms with Gasteiger partial charge in [0.25, 0.3) is 0 Å². The van der Waals surface area contributed by atoms with Crippen molar-refractivity contribution >= 4 is 11.7 Å². The summed E-state index contributed by atoms with van der Waals surface area (Å²) in [5.74, 6) is 6.56. The van der Waals surface area contributed by atoms with E-state index in [9.17, 15) is 0 Å². The van der Waals surface area contributed by atoms with Gasteiger partial charge in [0.05, 0.1) is 36.3 Å². The van der Waals surface area contributed by atoms with Crippen LogP contribution < -0.4 is 16.0 Å². The fraction of sp³-hybridized carbons (Fsp3) is 0.273. The van der Waals surface area contributed by atoms with Crippen LogP contribution in [0.5, 0.6) is 5.75 Å². The van der Waals surface area contributed by atoms with Crippen molar-refractivity contribution in [3.63, 3.8) is 0 Å². The summed E-state index contributed by atoms with van der Waals surface area (Å²) in [6, 6.07) is 5.95. The molecule has 3 rings (SSSR count). The maximum atomic E-state index is 5.67. The van der Waals surface area contributed by atoms with Crippen LogP contribution in [0, 0.1) is 0 Å². The average Bonchev–Trinajstić information content (AvgIpc) is 3.00. The summed E-state index contributed by atoms with van der Waals surface area (Å²) >= 11 is 1.17. The number of para-hydroxylation sites is 1. The van der Waals surface area contributed by atoms with Gasteiger partial charge in [-0.3, -0.25) is 5.84 Å². The molecule has 1 unspecified atom stereocenters. The van der Waals surface area contributed by atoms with E-state index in [1.807, 2.05) is 12.1 Å². The van der Waals surface area contributed by atoms with Crippen LogP contribution >= 0.6 is 11.7 Å². The molecule has 17 heavy (non-hydrogen) atoms. The molecule has 0 radical (unpaired) electrons. The molecule has 3 N–H and O–H groups in total. The first-order chi connectivity index (χ1) is 8.40. The van der Waals surface area contributed by atoms with Crippen LogP contribution in [0.4, 0.5) is 0 Å². The highest BCUT2D eigenvalue weighted by Crippen LogP contribution is 2.35. The molecule has 0 fully saturated rings. The van der Waals surface area contributed by atoms with Crippen LogP contribution in [0.25, 0.3) is 0 Å². The van der Waals surface area contributed by atoms with Gasteiger partial charge in [-0.25, -0.2) is 5.43 Å². The van der Waals surface area contributed by atoms with E-state index in [1.165, 1.54) is 17.3 Å². The molecule has 1 aliphatic rings.